The van der Waals surface area contributed by atoms with Crippen LogP contribution in [0, 0.1) is 3.57 Å². The zero-order valence-corrected chi connectivity index (χ0v) is 16.2. The van der Waals surface area contributed by atoms with Crippen LogP contribution in [0.15, 0.2) is 0 Å². The molecule has 5 heteroatoms. The summed E-state index contributed by atoms with van der Waals surface area (Å²) in [6, 6.07) is 0. The standard InChI is InChI=1S/C15H26IN3S/c1-6-8-17-14-12(16)13(15(3,4)5)18-11(19-14)10-20-9-7-2/h6-10H2,1-5H3,(H,17,18,19). The van der Waals surface area contributed by atoms with Crippen molar-refractivity contribution in [3.63, 3.8) is 0 Å². The summed E-state index contributed by atoms with van der Waals surface area (Å²) in [5.74, 6) is 4.01. The van der Waals surface area contributed by atoms with Crippen LogP contribution in [0.2, 0.25) is 0 Å². The third kappa shape index (κ3) is 5.39. The average Bonchev–Trinajstić information content (AvgIpc) is 2.37. The summed E-state index contributed by atoms with van der Waals surface area (Å²) in [5.41, 5.74) is 1.20. The maximum Gasteiger partial charge on any atom is 0.143 e. The number of aromatic nitrogens is 2. The molecule has 114 valence electrons. The first kappa shape index (κ1) is 18.0. The second kappa shape index (κ2) is 8.41. The van der Waals surface area contributed by atoms with E-state index < -0.39 is 0 Å². The molecule has 0 aliphatic rings. The number of thioether (sulfide) groups is 1. The van der Waals surface area contributed by atoms with Crippen LogP contribution in [-0.2, 0) is 11.2 Å². The van der Waals surface area contributed by atoms with Crippen molar-refractivity contribution in [2.24, 2.45) is 0 Å². The summed E-state index contributed by atoms with van der Waals surface area (Å²) in [5, 5.41) is 3.44. The van der Waals surface area contributed by atoms with Gasteiger partial charge >= 0.3 is 0 Å². The molecule has 0 amide bonds. The second-order valence-corrected chi connectivity index (χ2v) is 8.06. The fourth-order valence-corrected chi connectivity index (χ4v) is 3.71. The van der Waals surface area contributed by atoms with Crippen molar-refractivity contribution in [3.05, 3.63) is 15.1 Å². The summed E-state index contributed by atoms with van der Waals surface area (Å²) in [4.78, 5) is 9.51. The monoisotopic (exact) mass is 407 g/mol. The van der Waals surface area contributed by atoms with Crippen LogP contribution in [0.3, 0.4) is 0 Å². The van der Waals surface area contributed by atoms with Crippen LogP contribution >= 0.6 is 34.4 Å². The molecule has 1 heterocycles. The molecular weight excluding hydrogens is 381 g/mol. The Morgan fingerprint density at radius 3 is 2.40 bits per heavy atom. The molecule has 20 heavy (non-hydrogen) atoms. The van der Waals surface area contributed by atoms with Gasteiger partial charge in [-0.1, -0.05) is 34.6 Å². The van der Waals surface area contributed by atoms with Gasteiger partial charge in [-0.2, -0.15) is 11.8 Å². The van der Waals surface area contributed by atoms with Crippen LogP contribution < -0.4 is 5.32 Å². The summed E-state index contributed by atoms with van der Waals surface area (Å²) in [6.07, 6.45) is 2.30. The van der Waals surface area contributed by atoms with Gasteiger partial charge in [-0.15, -0.1) is 0 Å². The first-order chi connectivity index (χ1) is 9.40. The number of halogens is 1. The van der Waals surface area contributed by atoms with Gasteiger partial charge in [-0.3, -0.25) is 0 Å². The lowest BCUT2D eigenvalue weighted by molar-refractivity contribution is 0.560. The summed E-state index contributed by atoms with van der Waals surface area (Å²) >= 11 is 4.28. The molecule has 0 aliphatic carbocycles. The highest BCUT2D eigenvalue weighted by molar-refractivity contribution is 14.1. The van der Waals surface area contributed by atoms with E-state index in [-0.39, 0.29) is 5.41 Å². The Kier molecular flexibility index (Phi) is 7.58. The minimum atomic E-state index is 0.0479. The fourth-order valence-electron chi connectivity index (χ4n) is 1.72. The Bertz CT molecular complexity index is 430. The molecule has 0 saturated heterocycles. The van der Waals surface area contributed by atoms with E-state index in [1.165, 1.54) is 6.42 Å². The van der Waals surface area contributed by atoms with Crippen LogP contribution in [0.5, 0.6) is 0 Å². The predicted molar refractivity (Wildman–Crippen MR) is 98.7 cm³/mol. The zero-order valence-electron chi connectivity index (χ0n) is 13.2. The Morgan fingerprint density at radius 1 is 1.15 bits per heavy atom. The van der Waals surface area contributed by atoms with Crippen molar-refractivity contribution in [2.45, 2.75) is 58.6 Å². The Labute approximate surface area is 141 Å². The molecule has 3 nitrogen and oxygen atoms in total. The third-order valence-electron chi connectivity index (χ3n) is 2.73. The SMILES string of the molecule is CCCNc1nc(CSCCC)nc(C(C)(C)C)c1I. The highest BCUT2D eigenvalue weighted by atomic mass is 127. The number of anilines is 1. The molecular formula is C15H26IN3S. The minimum Gasteiger partial charge on any atom is -0.369 e. The van der Waals surface area contributed by atoms with E-state index in [9.17, 15) is 0 Å². The lowest BCUT2D eigenvalue weighted by atomic mass is 9.92. The van der Waals surface area contributed by atoms with Crippen molar-refractivity contribution in [3.8, 4) is 0 Å². The average molecular weight is 407 g/mol. The smallest absolute Gasteiger partial charge is 0.143 e. The Balaban J connectivity index is 3.06. The molecule has 0 aliphatic heterocycles. The minimum absolute atomic E-state index is 0.0479. The van der Waals surface area contributed by atoms with E-state index >= 15 is 0 Å². The Hall–Kier alpha value is -0.0400. The van der Waals surface area contributed by atoms with Crippen molar-refractivity contribution in [1.82, 2.24) is 9.97 Å². The van der Waals surface area contributed by atoms with Gasteiger partial charge in [0.05, 0.1) is 15.0 Å². The van der Waals surface area contributed by atoms with Gasteiger partial charge in [-0.25, -0.2) is 9.97 Å². The van der Waals surface area contributed by atoms with E-state index in [1.54, 1.807) is 0 Å². The van der Waals surface area contributed by atoms with Gasteiger partial charge in [0.2, 0.25) is 0 Å². The van der Waals surface area contributed by atoms with Gasteiger partial charge in [0.1, 0.15) is 11.6 Å². The summed E-state index contributed by atoms with van der Waals surface area (Å²) in [7, 11) is 0. The molecule has 0 saturated carbocycles. The highest BCUT2D eigenvalue weighted by Crippen LogP contribution is 2.30. The molecule has 0 atom stereocenters. The molecule has 0 radical (unpaired) electrons. The molecule has 1 N–H and O–H groups in total. The fraction of sp³-hybridized carbons (Fsp3) is 0.733. The molecule has 0 spiro atoms. The van der Waals surface area contributed by atoms with Gasteiger partial charge < -0.3 is 5.32 Å². The first-order valence-electron chi connectivity index (χ1n) is 7.28. The maximum absolute atomic E-state index is 4.80. The molecule has 0 fully saturated rings. The second-order valence-electron chi connectivity index (χ2n) is 5.88. The number of nitrogens with zero attached hydrogens (tertiary/aromatic N) is 2. The highest BCUT2D eigenvalue weighted by Gasteiger charge is 2.23. The summed E-state index contributed by atoms with van der Waals surface area (Å²) in [6.45, 7) is 12.0. The molecule has 1 rings (SSSR count). The number of hydrogen-bond donors (Lipinski definition) is 1. The van der Waals surface area contributed by atoms with Gasteiger partial charge in [0.25, 0.3) is 0 Å². The molecule has 0 bridgehead atoms. The summed E-state index contributed by atoms with van der Waals surface area (Å²) < 4.78 is 1.16. The maximum atomic E-state index is 4.80. The van der Waals surface area contributed by atoms with E-state index in [2.05, 4.69) is 62.5 Å². The molecule has 1 aromatic heterocycles. The van der Waals surface area contributed by atoms with Crippen LogP contribution in [0.25, 0.3) is 0 Å². The lowest BCUT2D eigenvalue weighted by Crippen LogP contribution is -2.20. The van der Waals surface area contributed by atoms with Crippen LogP contribution in [-0.4, -0.2) is 22.3 Å². The first-order valence-corrected chi connectivity index (χ1v) is 9.52. The van der Waals surface area contributed by atoms with Crippen molar-refractivity contribution in [1.29, 1.82) is 0 Å². The number of nitrogens with one attached hydrogen (secondary N) is 1. The van der Waals surface area contributed by atoms with Gasteiger partial charge in [0.15, 0.2) is 0 Å². The van der Waals surface area contributed by atoms with Crippen molar-refractivity contribution < 1.29 is 0 Å². The van der Waals surface area contributed by atoms with Gasteiger partial charge in [-0.05, 0) is 41.2 Å². The van der Waals surface area contributed by atoms with E-state index in [0.717, 1.165) is 45.4 Å². The molecule has 0 unspecified atom stereocenters. The normalized spacial score (nSPS) is 11.7. The van der Waals surface area contributed by atoms with Crippen LogP contribution in [0.1, 0.15) is 59.0 Å². The molecule has 1 aromatic rings. The van der Waals surface area contributed by atoms with Crippen molar-refractivity contribution >= 4 is 40.2 Å². The lowest BCUT2D eigenvalue weighted by Gasteiger charge is -2.22. The quantitative estimate of drug-likeness (QED) is 0.518. The van der Waals surface area contributed by atoms with E-state index in [1.807, 2.05) is 11.8 Å². The zero-order chi connectivity index (χ0) is 15.2. The van der Waals surface area contributed by atoms with E-state index in [0.29, 0.717) is 0 Å². The predicted octanol–water partition coefficient (Wildman–Crippen LogP) is 4.84. The number of hydrogen-bond acceptors (Lipinski definition) is 4. The van der Waals surface area contributed by atoms with Crippen molar-refractivity contribution in [2.75, 3.05) is 17.6 Å². The topological polar surface area (TPSA) is 37.8 Å². The third-order valence-corrected chi connectivity index (χ3v) is 4.91. The van der Waals surface area contributed by atoms with E-state index in [4.69, 9.17) is 9.97 Å². The van der Waals surface area contributed by atoms with Crippen LogP contribution in [0.4, 0.5) is 5.82 Å². The Morgan fingerprint density at radius 2 is 1.85 bits per heavy atom. The number of rotatable bonds is 7. The van der Waals surface area contributed by atoms with Gasteiger partial charge in [0, 0.05) is 12.0 Å². The largest absolute Gasteiger partial charge is 0.369 e. The molecule has 0 aromatic carbocycles.